The molecular formula is C12H22N2OSi. The minimum Gasteiger partial charge on any atom is -0.420 e. The molecule has 3 nitrogen and oxygen atoms in total. The molecule has 0 heterocycles. The molecule has 3 N–H and O–H groups in total. The van der Waals surface area contributed by atoms with Crippen LogP contribution in [0.4, 0.5) is 11.4 Å². The molecule has 0 bridgehead atoms. The number of nitrogens with one attached hydrogen (secondary N) is 1. The second-order valence-electron chi connectivity index (χ2n) is 4.62. The summed E-state index contributed by atoms with van der Waals surface area (Å²) < 4.78 is 5.50. The van der Waals surface area contributed by atoms with Crippen molar-refractivity contribution in [3.63, 3.8) is 0 Å². The molecule has 0 saturated carbocycles. The first-order valence-corrected chi connectivity index (χ1v) is 8.79. The highest BCUT2D eigenvalue weighted by Crippen LogP contribution is 2.14. The van der Waals surface area contributed by atoms with E-state index in [9.17, 15) is 0 Å². The summed E-state index contributed by atoms with van der Waals surface area (Å²) in [6, 6.07) is 9.03. The van der Waals surface area contributed by atoms with E-state index >= 15 is 0 Å². The van der Waals surface area contributed by atoms with Crippen LogP contribution < -0.4 is 11.1 Å². The van der Waals surface area contributed by atoms with Crippen molar-refractivity contribution in [3.05, 3.63) is 24.3 Å². The Morgan fingerprint density at radius 3 is 2.44 bits per heavy atom. The van der Waals surface area contributed by atoms with E-state index in [0.29, 0.717) is 0 Å². The maximum atomic E-state index is 5.62. The molecule has 16 heavy (non-hydrogen) atoms. The number of hydrogen-bond acceptors (Lipinski definition) is 3. The van der Waals surface area contributed by atoms with Gasteiger partial charge in [0.2, 0.25) is 0 Å². The second kappa shape index (κ2) is 5.91. The fraction of sp³-hybridized carbons (Fsp3) is 0.500. The fourth-order valence-corrected chi connectivity index (χ4v) is 2.68. The van der Waals surface area contributed by atoms with E-state index < -0.39 is 8.32 Å². The van der Waals surface area contributed by atoms with E-state index in [1.807, 2.05) is 31.4 Å². The Balaban J connectivity index is 2.23. The van der Waals surface area contributed by atoms with Crippen molar-refractivity contribution < 1.29 is 4.43 Å². The number of nitrogen functional groups attached to an aromatic ring is 1. The molecule has 0 amide bonds. The van der Waals surface area contributed by atoms with Gasteiger partial charge in [0.25, 0.3) is 0 Å². The molecular weight excluding hydrogens is 216 g/mol. The third-order valence-corrected chi connectivity index (χ3v) is 5.41. The highest BCUT2D eigenvalue weighted by atomic mass is 28.4. The molecule has 4 heteroatoms. The Morgan fingerprint density at radius 1 is 1.25 bits per heavy atom. The molecule has 0 aliphatic rings. The summed E-state index contributed by atoms with van der Waals surface area (Å²) in [5, 5.41) is 3.38. The van der Waals surface area contributed by atoms with Crippen LogP contribution in [0.2, 0.25) is 19.1 Å². The van der Waals surface area contributed by atoms with Crippen molar-refractivity contribution >= 4 is 19.7 Å². The molecule has 0 aliphatic carbocycles. The van der Waals surface area contributed by atoms with Crippen LogP contribution in [0.15, 0.2) is 24.3 Å². The minimum absolute atomic E-state index is 0.804. The molecule has 90 valence electrons. The van der Waals surface area contributed by atoms with Crippen LogP contribution in [0.5, 0.6) is 0 Å². The zero-order valence-corrected chi connectivity index (χ0v) is 11.4. The zero-order chi connectivity index (χ0) is 12.0. The van der Waals surface area contributed by atoms with Crippen LogP contribution >= 0.6 is 0 Å². The molecule has 0 fully saturated rings. The monoisotopic (exact) mass is 238 g/mol. The van der Waals surface area contributed by atoms with Crippen LogP contribution in [0.25, 0.3) is 0 Å². The van der Waals surface area contributed by atoms with Crippen LogP contribution in [-0.2, 0) is 4.43 Å². The summed E-state index contributed by atoms with van der Waals surface area (Å²) >= 11 is 0. The Morgan fingerprint density at radius 2 is 1.88 bits per heavy atom. The van der Waals surface area contributed by atoms with Gasteiger partial charge in [0.15, 0.2) is 8.32 Å². The Bertz CT molecular complexity index is 311. The highest BCUT2D eigenvalue weighted by Gasteiger charge is 2.19. The summed E-state index contributed by atoms with van der Waals surface area (Å²) in [6.07, 6.45) is 1.15. The number of benzene rings is 1. The first-order chi connectivity index (χ1) is 7.53. The van der Waals surface area contributed by atoms with Gasteiger partial charge in [-0.15, -0.1) is 0 Å². The Hall–Kier alpha value is -1.00. The van der Waals surface area contributed by atoms with Crippen molar-refractivity contribution in [3.8, 4) is 0 Å². The van der Waals surface area contributed by atoms with E-state index in [-0.39, 0.29) is 0 Å². The molecule has 0 aliphatic heterocycles. The minimum atomic E-state index is -1.38. The Kier molecular flexibility index (Phi) is 4.83. The number of rotatable bonds is 6. The molecule has 0 atom stereocenters. The lowest BCUT2D eigenvalue weighted by Gasteiger charge is -2.19. The van der Waals surface area contributed by atoms with E-state index in [0.717, 1.165) is 24.3 Å². The summed E-state index contributed by atoms with van der Waals surface area (Å²) in [7, 11) is 0.435. The second-order valence-corrected chi connectivity index (χ2v) is 9.04. The lowest BCUT2D eigenvalue weighted by molar-refractivity contribution is 0.402. The van der Waals surface area contributed by atoms with Crippen molar-refractivity contribution in [1.82, 2.24) is 0 Å². The van der Waals surface area contributed by atoms with E-state index in [4.69, 9.17) is 10.2 Å². The molecule has 0 spiro atoms. The average Bonchev–Trinajstić information content (AvgIpc) is 2.27. The molecule has 0 saturated heterocycles. The van der Waals surface area contributed by atoms with E-state index in [1.54, 1.807) is 0 Å². The van der Waals surface area contributed by atoms with Gasteiger partial charge in [0.1, 0.15) is 0 Å². The molecule has 1 rings (SSSR count). The maximum absolute atomic E-state index is 5.62. The lowest BCUT2D eigenvalue weighted by Crippen LogP contribution is -2.28. The van der Waals surface area contributed by atoms with Crippen LogP contribution in [-0.4, -0.2) is 22.0 Å². The van der Waals surface area contributed by atoms with Gasteiger partial charge in [-0.05, 0) is 49.8 Å². The predicted octanol–water partition coefficient (Wildman–Crippen LogP) is 2.92. The van der Waals surface area contributed by atoms with Crippen LogP contribution in [0, 0.1) is 0 Å². The highest BCUT2D eigenvalue weighted by molar-refractivity contribution is 6.71. The quantitative estimate of drug-likeness (QED) is 0.455. The van der Waals surface area contributed by atoms with Gasteiger partial charge in [-0.25, -0.2) is 0 Å². The van der Waals surface area contributed by atoms with Gasteiger partial charge >= 0.3 is 0 Å². The lowest BCUT2D eigenvalue weighted by atomic mass is 10.3. The van der Waals surface area contributed by atoms with Gasteiger partial charge in [0, 0.05) is 25.0 Å². The normalized spacial score (nSPS) is 11.4. The summed E-state index contributed by atoms with van der Waals surface area (Å²) in [5.41, 5.74) is 7.55. The van der Waals surface area contributed by atoms with Crippen molar-refractivity contribution in [1.29, 1.82) is 0 Å². The van der Waals surface area contributed by atoms with Gasteiger partial charge < -0.3 is 15.5 Å². The third kappa shape index (κ3) is 4.68. The predicted molar refractivity (Wildman–Crippen MR) is 73.3 cm³/mol. The molecule has 0 aromatic heterocycles. The van der Waals surface area contributed by atoms with Gasteiger partial charge in [-0.3, -0.25) is 0 Å². The topological polar surface area (TPSA) is 47.3 Å². The summed E-state index contributed by atoms with van der Waals surface area (Å²) in [4.78, 5) is 0. The van der Waals surface area contributed by atoms with E-state index in [1.165, 1.54) is 6.04 Å². The standard InChI is InChI=1S/C12H22N2OSi/c1-15-16(2,3)10-4-9-14-12-7-5-11(13)6-8-12/h5-8,14H,4,9-10,13H2,1-3H3. The first-order valence-electron chi connectivity index (χ1n) is 5.68. The largest absolute Gasteiger partial charge is 0.420 e. The number of anilines is 2. The van der Waals surface area contributed by atoms with E-state index in [2.05, 4.69) is 18.4 Å². The number of hydrogen-bond donors (Lipinski definition) is 2. The van der Waals surface area contributed by atoms with Crippen molar-refractivity contribution in [2.75, 3.05) is 24.7 Å². The van der Waals surface area contributed by atoms with Gasteiger partial charge in [-0.2, -0.15) is 0 Å². The van der Waals surface area contributed by atoms with Crippen molar-refractivity contribution in [2.24, 2.45) is 0 Å². The Labute approximate surface area is 99.1 Å². The average molecular weight is 238 g/mol. The van der Waals surface area contributed by atoms with Crippen LogP contribution in [0.3, 0.4) is 0 Å². The fourth-order valence-electron chi connectivity index (χ4n) is 1.45. The maximum Gasteiger partial charge on any atom is 0.186 e. The van der Waals surface area contributed by atoms with Gasteiger partial charge in [-0.1, -0.05) is 0 Å². The summed E-state index contributed by atoms with van der Waals surface area (Å²) in [6.45, 7) is 5.48. The van der Waals surface area contributed by atoms with Gasteiger partial charge in [0.05, 0.1) is 0 Å². The number of nitrogens with two attached hydrogens (primary N) is 1. The smallest absolute Gasteiger partial charge is 0.186 e. The molecule has 1 aromatic carbocycles. The molecule has 0 unspecified atom stereocenters. The third-order valence-electron chi connectivity index (χ3n) is 2.75. The van der Waals surface area contributed by atoms with Crippen LogP contribution in [0.1, 0.15) is 6.42 Å². The van der Waals surface area contributed by atoms with Crippen molar-refractivity contribution in [2.45, 2.75) is 25.6 Å². The molecule has 0 radical (unpaired) electrons. The first kappa shape index (κ1) is 13.1. The SMILES string of the molecule is CO[Si](C)(C)CCCNc1ccc(N)cc1. The summed E-state index contributed by atoms with van der Waals surface area (Å²) in [5.74, 6) is 0. The molecule has 1 aromatic rings. The zero-order valence-electron chi connectivity index (χ0n) is 10.4.